The van der Waals surface area contributed by atoms with Crippen LogP contribution in [0.15, 0.2) is 54.9 Å². The number of aromatic nitrogens is 3. The van der Waals surface area contributed by atoms with E-state index in [9.17, 15) is 0 Å². The molecule has 1 aliphatic carbocycles. The number of ether oxygens (including phenoxy) is 1. The Labute approximate surface area is 176 Å². The Hall–Kier alpha value is -2.37. The van der Waals surface area contributed by atoms with Crippen molar-refractivity contribution in [3.8, 4) is 11.4 Å². The van der Waals surface area contributed by atoms with Gasteiger partial charge in [-0.05, 0) is 54.5 Å². The van der Waals surface area contributed by atoms with E-state index in [1.165, 1.54) is 11.1 Å². The number of fused-ring (bicyclic) bond motifs is 3. The van der Waals surface area contributed by atoms with E-state index >= 15 is 0 Å². The summed E-state index contributed by atoms with van der Waals surface area (Å²) >= 11 is 7.22. The molecule has 0 radical (unpaired) electrons. The minimum atomic E-state index is -0.354. The van der Waals surface area contributed by atoms with Crippen LogP contribution >= 0.6 is 11.6 Å². The van der Waals surface area contributed by atoms with Crippen molar-refractivity contribution in [3.63, 3.8) is 0 Å². The maximum atomic E-state index is 7.22. The van der Waals surface area contributed by atoms with Crippen LogP contribution in [0.1, 0.15) is 43.1 Å². The van der Waals surface area contributed by atoms with Gasteiger partial charge in [0.15, 0.2) is 5.82 Å². The highest BCUT2D eigenvalue weighted by molar-refractivity contribution is 6.24. The Morgan fingerprint density at radius 1 is 1.17 bits per heavy atom. The van der Waals surface area contributed by atoms with Crippen LogP contribution in [0.3, 0.4) is 0 Å². The van der Waals surface area contributed by atoms with E-state index in [-0.39, 0.29) is 11.0 Å². The molecule has 6 heteroatoms. The summed E-state index contributed by atoms with van der Waals surface area (Å²) in [5, 5.41) is 11.7. The third-order valence-corrected chi connectivity index (χ3v) is 6.77. The number of hydrogen-bond acceptors (Lipinski definition) is 4. The van der Waals surface area contributed by atoms with Gasteiger partial charge in [0, 0.05) is 6.54 Å². The van der Waals surface area contributed by atoms with Crippen molar-refractivity contribution in [2.24, 2.45) is 5.92 Å². The van der Waals surface area contributed by atoms with Crippen LogP contribution in [0.25, 0.3) is 5.69 Å². The second-order valence-electron chi connectivity index (χ2n) is 8.22. The van der Waals surface area contributed by atoms with Crippen LogP contribution in [-0.4, -0.2) is 20.9 Å². The highest BCUT2D eigenvalue weighted by Gasteiger charge is 2.40. The molecule has 3 aromatic rings. The molecule has 1 aliphatic heterocycles. The summed E-state index contributed by atoms with van der Waals surface area (Å²) in [4.78, 5) is -0.354. The van der Waals surface area contributed by atoms with Gasteiger partial charge in [-0.3, -0.25) is 4.57 Å². The van der Waals surface area contributed by atoms with E-state index in [4.69, 9.17) is 16.3 Å². The third-order valence-electron chi connectivity index (χ3n) is 6.21. The minimum Gasteiger partial charge on any atom is -0.490 e. The Morgan fingerprint density at radius 2 is 2.03 bits per heavy atom. The highest BCUT2D eigenvalue weighted by Crippen LogP contribution is 2.46. The predicted molar refractivity (Wildman–Crippen MR) is 113 cm³/mol. The number of rotatable bonds is 3. The van der Waals surface area contributed by atoms with Crippen molar-refractivity contribution in [2.45, 2.75) is 50.3 Å². The molecular weight excluding hydrogens is 384 g/mol. The first-order valence-electron chi connectivity index (χ1n) is 10.3. The van der Waals surface area contributed by atoms with Gasteiger partial charge in [-0.1, -0.05) is 37.3 Å². The van der Waals surface area contributed by atoms with E-state index < -0.39 is 0 Å². The lowest BCUT2D eigenvalue weighted by molar-refractivity contribution is 0.0851. The number of para-hydroxylation sites is 1. The number of benzene rings is 2. The standard InChI is InChI=1S/C23H25ClN4O/c1-16-12-23(24,10-9-21(16)29-19-5-3-2-4-6-19)18-7-8-20-17(11-18)13-25-14-22-27-26-15-28(20)22/h2-8,11,15-16,21,25H,9-10,12-14H2,1H3. The first-order valence-corrected chi connectivity index (χ1v) is 10.6. The van der Waals surface area contributed by atoms with Crippen LogP contribution in [0.5, 0.6) is 5.75 Å². The molecule has 0 spiro atoms. The Balaban J connectivity index is 1.37. The van der Waals surface area contributed by atoms with Gasteiger partial charge in [-0.2, -0.15) is 0 Å². The number of hydrogen-bond donors (Lipinski definition) is 1. The van der Waals surface area contributed by atoms with Crippen molar-refractivity contribution >= 4 is 11.6 Å². The zero-order valence-corrected chi connectivity index (χ0v) is 17.3. The van der Waals surface area contributed by atoms with Gasteiger partial charge in [-0.25, -0.2) is 0 Å². The zero-order chi connectivity index (χ0) is 19.8. The summed E-state index contributed by atoms with van der Waals surface area (Å²) in [5.41, 5.74) is 3.56. The number of nitrogens with one attached hydrogen (secondary N) is 1. The van der Waals surface area contributed by atoms with Gasteiger partial charge in [0.25, 0.3) is 0 Å². The summed E-state index contributed by atoms with van der Waals surface area (Å²) in [5.74, 6) is 2.25. The molecule has 0 bridgehead atoms. The predicted octanol–water partition coefficient (Wildman–Crippen LogP) is 4.57. The normalized spacial score (nSPS) is 26.3. The van der Waals surface area contributed by atoms with E-state index in [1.54, 1.807) is 6.33 Å². The molecule has 150 valence electrons. The molecule has 3 atom stereocenters. The fourth-order valence-electron chi connectivity index (χ4n) is 4.64. The molecule has 2 aromatic carbocycles. The maximum Gasteiger partial charge on any atom is 0.151 e. The molecule has 1 fully saturated rings. The lowest BCUT2D eigenvalue weighted by atomic mass is 9.76. The fourth-order valence-corrected chi connectivity index (χ4v) is 5.11. The topological polar surface area (TPSA) is 52.0 Å². The molecule has 29 heavy (non-hydrogen) atoms. The van der Waals surface area contributed by atoms with Crippen molar-refractivity contribution in [1.29, 1.82) is 0 Å². The van der Waals surface area contributed by atoms with Crippen LogP contribution < -0.4 is 10.1 Å². The van der Waals surface area contributed by atoms with Gasteiger partial charge in [0.1, 0.15) is 18.2 Å². The molecule has 0 saturated heterocycles. The number of alkyl halides is 1. The molecule has 2 heterocycles. The second kappa shape index (κ2) is 7.47. The molecule has 3 unspecified atom stereocenters. The van der Waals surface area contributed by atoms with E-state index in [0.717, 1.165) is 43.1 Å². The highest BCUT2D eigenvalue weighted by atomic mass is 35.5. The summed E-state index contributed by atoms with van der Waals surface area (Å²) in [6, 6.07) is 16.7. The van der Waals surface area contributed by atoms with Crippen LogP contribution in [0, 0.1) is 5.92 Å². The van der Waals surface area contributed by atoms with Gasteiger partial charge in [0.05, 0.1) is 17.1 Å². The summed E-state index contributed by atoms with van der Waals surface area (Å²) in [7, 11) is 0. The lowest BCUT2D eigenvalue weighted by Gasteiger charge is -2.40. The summed E-state index contributed by atoms with van der Waals surface area (Å²) < 4.78 is 8.31. The molecular formula is C23H25ClN4O. The van der Waals surface area contributed by atoms with E-state index in [1.807, 2.05) is 30.3 Å². The third kappa shape index (κ3) is 3.53. The minimum absolute atomic E-state index is 0.200. The Morgan fingerprint density at radius 3 is 2.86 bits per heavy atom. The van der Waals surface area contributed by atoms with Crippen LogP contribution in [-0.2, 0) is 18.0 Å². The second-order valence-corrected chi connectivity index (χ2v) is 8.94. The van der Waals surface area contributed by atoms with Gasteiger partial charge >= 0.3 is 0 Å². The number of nitrogens with zero attached hydrogens (tertiary/aromatic N) is 3. The van der Waals surface area contributed by atoms with Gasteiger partial charge < -0.3 is 10.1 Å². The zero-order valence-electron chi connectivity index (χ0n) is 16.5. The lowest BCUT2D eigenvalue weighted by Crippen LogP contribution is -2.38. The summed E-state index contributed by atoms with van der Waals surface area (Å²) in [6.45, 7) is 3.76. The SMILES string of the molecule is CC1CC(Cl)(c2ccc3c(c2)CNCc2nncn2-3)CCC1Oc1ccccc1. The van der Waals surface area contributed by atoms with Crippen molar-refractivity contribution < 1.29 is 4.74 Å². The molecule has 5 nitrogen and oxygen atoms in total. The average molecular weight is 409 g/mol. The Bertz CT molecular complexity index is 1010. The molecule has 0 amide bonds. The quantitative estimate of drug-likeness (QED) is 0.645. The van der Waals surface area contributed by atoms with Crippen LogP contribution in [0.2, 0.25) is 0 Å². The first kappa shape index (κ1) is 18.6. The van der Waals surface area contributed by atoms with Gasteiger partial charge in [0.2, 0.25) is 0 Å². The maximum absolute atomic E-state index is 7.22. The average Bonchev–Trinajstić information content (AvgIpc) is 3.12. The first-order chi connectivity index (χ1) is 14.1. The molecule has 1 N–H and O–H groups in total. The largest absolute Gasteiger partial charge is 0.490 e. The van der Waals surface area contributed by atoms with Gasteiger partial charge in [-0.15, -0.1) is 21.8 Å². The number of halogens is 1. The van der Waals surface area contributed by atoms with Crippen molar-refractivity contribution in [1.82, 2.24) is 20.1 Å². The van der Waals surface area contributed by atoms with E-state index in [2.05, 4.69) is 45.2 Å². The Kier molecular flexibility index (Phi) is 4.80. The molecule has 5 rings (SSSR count). The van der Waals surface area contributed by atoms with Crippen molar-refractivity contribution in [2.75, 3.05) is 0 Å². The molecule has 1 aromatic heterocycles. The summed E-state index contributed by atoms with van der Waals surface area (Å²) in [6.07, 6.45) is 4.73. The van der Waals surface area contributed by atoms with Crippen molar-refractivity contribution in [3.05, 3.63) is 71.8 Å². The van der Waals surface area contributed by atoms with E-state index in [0.29, 0.717) is 12.5 Å². The smallest absolute Gasteiger partial charge is 0.151 e. The van der Waals surface area contributed by atoms with Crippen LogP contribution in [0.4, 0.5) is 0 Å². The molecule has 2 aliphatic rings. The monoisotopic (exact) mass is 408 g/mol. The molecule has 1 saturated carbocycles. The fraction of sp³-hybridized carbons (Fsp3) is 0.391.